The number of anilines is 1. The number of hydrogen-bond acceptors (Lipinski definition) is 5. The molecule has 1 aromatic rings. The van der Waals surface area contributed by atoms with E-state index in [4.69, 9.17) is 10.6 Å². The standard InChI is InChI=1S/C11H20N4O/c1-5-11(3,4)16-7-10-13-8(2)6-9(14-10)15-12/h6H,5,7,12H2,1-4H3,(H,13,14,15). The van der Waals surface area contributed by atoms with Gasteiger partial charge in [0.25, 0.3) is 0 Å². The molecule has 5 nitrogen and oxygen atoms in total. The number of nitrogen functional groups attached to an aromatic ring is 1. The summed E-state index contributed by atoms with van der Waals surface area (Å²) in [6.45, 7) is 8.48. The van der Waals surface area contributed by atoms with Crippen LogP contribution in [0, 0.1) is 6.92 Å². The summed E-state index contributed by atoms with van der Waals surface area (Å²) in [5.74, 6) is 6.57. The molecule has 1 aromatic heterocycles. The molecule has 0 radical (unpaired) electrons. The number of nitrogens with one attached hydrogen (secondary N) is 1. The molecule has 0 saturated carbocycles. The van der Waals surface area contributed by atoms with Crippen molar-refractivity contribution < 1.29 is 4.74 Å². The van der Waals surface area contributed by atoms with E-state index >= 15 is 0 Å². The van der Waals surface area contributed by atoms with Gasteiger partial charge in [-0.3, -0.25) is 0 Å². The summed E-state index contributed by atoms with van der Waals surface area (Å²) in [6, 6.07) is 1.79. The van der Waals surface area contributed by atoms with Gasteiger partial charge in [-0.15, -0.1) is 0 Å². The second-order valence-corrected chi connectivity index (χ2v) is 4.36. The van der Waals surface area contributed by atoms with E-state index < -0.39 is 0 Å². The summed E-state index contributed by atoms with van der Waals surface area (Å²) in [4.78, 5) is 8.50. The van der Waals surface area contributed by atoms with Gasteiger partial charge in [0.15, 0.2) is 5.82 Å². The lowest BCUT2D eigenvalue weighted by atomic mass is 10.1. The molecule has 3 N–H and O–H groups in total. The van der Waals surface area contributed by atoms with E-state index in [2.05, 4.69) is 22.3 Å². The molecule has 0 spiro atoms. The summed E-state index contributed by atoms with van der Waals surface area (Å²) in [6.07, 6.45) is 0.945. The van der Waals surface area contributed by atoms with Crippen LogP contribution >= 0.6 is 0 Å². The normalized spacial score (nSPS) is 11.6. The van der Waals surface area contributed by atoms with Gasteiger partial charge in [0.1, 0.15) is 12.4 Å². The molecule has 1 rings (SSSR count). The lowest BCUT2D eigenvalue weighted by Gasteiger charge is -2.23. The molecule has 16 heavy (non-hydrogen) atoms. The maximum Gasteiger partial charge on any atom is 0.156 e. The molecule has 0 unspecified atom stereocenters. The highest BCUT2D eigenvalue weighted by molar-refractivity contribution is 5.33. The SMILES string of the molecule is CCC(C)(C)OCc1nc(C)cc(NN)n1. The Hall–Kier alpha value is -1.20. The van der Waals surface area contributed by atoms with Crippen LogP contribution in [0.15, 0.2) is 6.07 Å². The van der Waals surface area contributed by atoms with Crippen LogP contribution in [0.1, 0.15) is 38.7 Å². The van der Waals surface area contributed by atoms with E-state index in [0.29, 0.717) is 18.2 Å². The van der Waals surface area contributed by atoms with Crippen LogP contribution in [0.25, 0.3) is 0 Å². The molecule has 0 saturated heterocycles. The maximum atomic E-state index is 5.73. The van der Waals surface area contributed by atoms with Crippen molar-refractivity contribution in [2.24, 2.45) is 5.84 Å². The Balaban J connectivity index is 2.70. The number of rotatable bonds is 5. The Morgan fingerprint density at radius 2 is 2.12 bits per heavy atom. The molecular weight excluding hydrogens is 204 g/mol. The van der Waals surface area contributed by atoms with Gasteiger partial charge in [-0.2, -0.15) is 0 Å². The van der Waals surface area contributed by atoms with Crippen LogP contribution in [0.2, 0.25) is 0 Å². The number of hydrogen-bond donors (Lipinski definition) is 2. The van der Waals surface area contributed by atoms with Crippen LogP contribution in [0.5, 0.6) is 0 Å². The molecule has 0 aliphatic heterocycles. The molecule has 0 amide bonds. The zero-order valence-electron chi connectivity index (χ0n) is 10.4. The van der Waals surface area contributed by atoms with Gasteiger partial charge in [-0.05, 0) is 27.2 Å². The predicted molar refractivity (Wildman–Crippen MR) is 63.7 cm³/mol. The average molecular weight is 224 g/mol. The molecule has 0 aliphatic carbocycles. The van der Waals surface area contributed by atoms with Crippen molar-refractivity contribution in [1.29, 1.82) is 0 Å². The fraction of sp³-hybridized carbons (Fsp3) is 0.636. The minimum absolute atomic E-state index is 0.149. The maximum absolute atomic E-state index is 5.73. The molecule has 0 aromatic carbocycles. The molecule has 5 heteroatoms. The van der Waals surface area contributed by atoms with Crippen molar-refractivity contribution in [3.8, 4) is 0 Å². The van der Waals surface area contributed by atoms with Gasteiger partial charge >= 0.3 is 0 Å². The second-order valence-electron chi connectivity index (χ2n) is 4.36. The van der Waals surface area contributed by atoms with Crippen molar-refractivity contribution in [2.45, 2.75) is 46.3 Å². The number of hydrazine groups is 1. The highest BCUT2D eigenvalue weighted by Crippen LogP contribution is 2.15. The van der Waals surface area contributed by atoms with Crippen LogP contribution in [0.4, 0.5) is 5.82 Å². The third-order valence-electron chi connectivity index (χ3n) is 2.49. The van der Waals surface area contributed by atoms with Gasteiger partial charge < -0.3 is 10.2 Å². The van der Waals surface area contributed by atoms with Gasteiger partial charge in [0.05, 0.1) is 5.60 Å². The Labute approximate surface area is 96.4 Å². The number of aryl methyl sites for hydroxylation is 1. The molecule has 0 bridgehead atoms. The zero-order valence-corrected chi connectivity index (χ0v) is 10.4. The number of ether oxygens (including phenoxy) is 1. The topological polar surface area (TPSA) is 73.1 Å². The first-order chi connectivity index (χ1) is 7.46. The van der Waals surface area contributed by atoms with Crippen molar-refractivity contribution in [3.05, 3.63) is 17.6 Å². The van der Waals surface area contributed by atoms with Crippen molar-refractivity contribution >= 4 is 5.82 Å². The van der Waals surface area contributed by atoms with Crippen molar-refractivity contribution in [1.82, 2.24) is 9.97 Å². The van der Waals surface area contributed by atoms with Crippen molar-refractivity contribution in [2.75, 3.05) is 5.43 Å². The average Bonchev–Trinajstić information content (AvgIpc) is 2.26. The summed E-state index contributed by atoms with van der Waals surface area (Å²) < 4.78 is 5.73. The molecular formula is C11H20N4O. The first-order valence-electron chi connectivity index (χ1n) is 5.42. The lowest BCUT2D eigenvalue weighted by molar-refractivity contribution is -0.0345. The summed E-state index contributed by atoms with van der Waals surface area (Å²) in [7, 11) is 0. The fourth-order valence-corrected chi connectivity index (χ4v) is 1.13. The number of nitrogens with two attached hydrogens (primary N) is 1. The Morgan fingerprint density at radius 1 is 1.44 bits per heavy atom. The summed E-state index contributed by atoms with van der Waals surface area (Å²) in [5.41, 5.74) is 3.23. The molecule has 1 heterocycles. The minimum atomic E-state index is -0.149. The fourth-order valence-electron chi connectivity index (χ4n) is 1.13. The third kappa shape index (κ3) is 3.75. The zero-order chi connectivity index (χ0) is 12.2. The molecule has 0 fully saturated rings. The Morgan fingerprint density at radius 3 is 2.69 bits per heavy atom. The Bertz CT molecular complexity index is 352. The molecule has 90 valence electrons. The lowest BCUT2D eigenvalue weighted by Crippen LogP contribution is -2.23. The van der Waals surface area contributed by atoms with E-state index in [1.54, 1.807) is 6.07 Å². The third-order valence-corrected chi connectivity index (χ3v) is 2.49. The largest absolute Gasteiger partial charge is 0.368 e. The van der Waals surface area contributed by atoms with E-state index in [-0.39, 0.29) is 5.60 Å². The van der Waals surface area contributed by atoms with E-state index in [0.717, 1.165) is 12.1 Å². The van der Waals surface area contributed by atoms with Gasteiger partial charge in [-0.25, -0.2) is 15.8 Å². The van der Waals surface area contributed by atoms with Gasteiger partial charge in [-0.1, -0.05) is 6.92 Å². The number of nitrogens with zero attached hydrogens (tertiary/aromatic N) is 2. The smallest absolute Gasteiger partial charge is 0.156 e. The second kappa shape index (κ2) is 5.23. The van der Waals surface area contributed by atoms with E-state index in [9.17, 15) is 0 Å². The van der Waals surface area contributed by atoms with Crippen LogP contribution < -0.4 is 11.3 Å². The summed E-state index contributed by atoms with van der Waals surface area (Å²) in [5, 5.41) is 0. The highest BCUT2D eigenvalue weighted by Gasteiger charge is 2.16. The van der Waals surface area contributed by atoms with Crippen LogP contribution in [0.3, 0.4) is 0 Å². The monoisotopic (exact) mass is 224 g/mol. The summed E-state index contributed by atoms with van der Waals surface area (Å²) >= 11 is 0. The van der Waals surface area contributed by atoms with Crippen molar-refractivity contribution in [3.63, 3.8) is 0 Å². The first-order valence-corrected chi connectivity index (χ1v) is 5.42. The molecule has 0 atom stereocenters. The van der Waals surface area contributed by atoms with Gasteiger partial charge in [0, 0.05) is 11.8 Å². The minimum Gasteiger partial charge on any atom is -0.368 e. The predicted octanol–water partition coefficient (Wildman–Crippen LogP) is 1.78. The van der Waals surface area contributed by atoms with Crippen LogP contribution in [-0.4, -0.2) is 15.6 Å². The number of aromatic nitrogens is 2. The Kier molecular flexibility index (Phi) is 4.20. The van der Waals surface area contributed by atoms with E-state index in [1.165, 1.54) is 0 Å². The first kappa shape index (κ1) is 12.9. The highest BCUT2D eigenvalue weighted by atomic mass is 16.5. The quantitative estimate of drug-likeness (QED) is 0.589. The van der Waals surface area contributed by atoms with Crippen LogP contribution in [-0.2, 0) is 11.3 Å². The van der Waals surface area contributed by atoms with Gasteiger partial charge in [0.2, 0.25) is 0 Å². The molecule has 0 aliphatic rings. The van der Waals surface area contributed by atoms with E-state index in [1.807, 2.05) is 20.8 Å².